The van der Waals surface area contributed by atoms with Gasteiger partial charge in [-0.1, -0.05) is 17.7 Å². The Kier molecular flexibility index (Phi) is 4.12. The predicted octanol–water partition coefficient (Wildman–Crippen LogP) is 3.78. The molecule has 1 saturated heterocycles. The number of likely N-dealkylation sites (tertiary alicyclic amines) is 1. The lowest BCUT2D eigenvalue weighted by Crippen LogP contribution is -2.41. The van der Waals surface area contributed by atoms with E-state index in [9.17, 15) is 4.79 Å². The van der Waals surface area contributed by atoms with Crippen LogP contribution in [0.5, 0.6) is 17.2 Å². The molecule has 0 bridgehead atoms. The van der Waals surface area contributed by atoms with E-state index >= 15 is 0 Å². The smallest absolute Gasteiger partial charge is 0.264 e. The van der Waals surface area contributed by atoms with E-state index < -0.39 is 6.10 Å². The number of fused-ring (bicyclic) bond motifs is 2. The van der Waals surface area contributed by atoms with Crippen molar-refractivity contribution < 1.29 is 19.0 Å². The van der Waals surface area contributed by atoms with Gasteiger partial charge in [-0.25, -0.2) is 0 Å². The van der Waals surface area contributed by atoms with Crippen LogP contribution in [0.2, 0.25) is 5.02 Å². The Balaban J connectivity index is 1.36. The molecule has 5 nitrogen and oxygen atoms in total. The van der Waals surface area contributed by atoms with E-state index in [-0.39, 0.29) is 11.9 Å². The number of rotatable bonds is 2. The van der Waals surface area contributed by atoms with Crippen LogP contribution in [0.3, 0.4) is 0 Å². The first-order valence-corrected chi connectivity index (χ1v) is 9.72. The lowest BCUT2D eigenvalue weighted by atomic mass is 10.0. The van der Waals surface area contributed by atoms with Gasteiger partial charge in [-0.05, 0) is 54.3 Å². The minimum absolute atomic E-state index is 0.0414. The van der Waals surface area contributed by atoms with Crippen LogP contribution in [0, 0.1) is 0 Å². The molecule has 6 heteroatoms. The topological polar surface area (TPSA) is 48.0 Å². The van der Waals surface area contributed by atoms with E-state index in [1.807, 2.05) is 35.2 Å². The van der Waals surface area contributed by atoms with E-state index in [0.29, 0.717) is 24.7 Å². The summed E-state index contributed by atoms with van der Waals surface area (Å²) in [6.45, 7) is 1.87. The fraction of sp³-hybridized carbons (Fsp3) is 0.381. The van der Waals surface area contributed by atoms with Crippen LogP contribution in [0.15, 0.2) is 36.4 Å². The second kappa shape index (κ2) is 6.64. The zero-order chi connectivity index (χ0) is 18.4. The van der Waals surface area contributed by atoms with Crippen LogP contribution in [0.1, 0.15) is 30.0 Å². The van der Waals surface area contributed by atoms with Gasteiger partial charge in [0.05, 0.1) is 6.04 Å². The standard InChI is InChI=1S/C21H20ClNO4/c22-15-4-6-17-14(10-15)12-20(27-17)21(24)23-7-1-2-16(23)13-3-5-18-19(11-13)26-9-8-25-18/h3-6,10-11,16,20H,1-2,7-9,12H2/t16-,20-/m1/s1. The van der Waals surface area contributed by atoms with Crippen molar-refractivity contribution in [1.82, 2.24) is 4.90 Å². The highest BCUT2D eigenvalue weighted by Gasteiger charge is 2.38. The van der Waals surface area contributed by atoms with Gasteiger partial charge in [0.1, 0.15) is 19.0 Å². The number of nitrogens with zero attached hydrogens (tertiary/aromatic N) is 1. The fourth-order valence-corrected chi connectivity index (χ4v) is 4.38. The summed E-state index contributed by atoms with van der Waals surface area (Å²) in [6.07, 6.45) is 2.02. The van der Waals surface area contributed by atoms with Crippen molar-refractivity contribution in [2.75, 3.05) is 19.8 Å². The van der Waals surface area contributed by atoms with Crippen LogP contribution in [-0.2, 0) is 11.2 Å². The minimum atomic E-state index is -0.476. The van der Waals surface area contributed by atoms with Crippen molar-refractivity contribution in [1.29, 1.82) is 0 Å². The van der Waals surface area contributed by atoms with Crippen molar-refractivity contribution in [3.05, 3.63) is 52.5 Å². The number of amides is 1. The molecule has 0 N–H and O–H groups in total. The molecule has 5 rings (SSSR count). The molecule has 0 radical (unpaired) electrons. The average molecular weight is 386 g/mol. The second-order valence-corrected chi connectivity index (χ2v) is 7.59. The lowest BCUT2D eigenvalue weighted by molar-refractivity contribution is -0.138. The van der Waals surface area contributed by atoms with Crippen LogP contribution in [-0.4, -0.2) is 36.7 Å². The number of benzene rings is 2. The Bertz CT molecular complexity index is 900. The molecule has 0 saturated carbocycles. The van der Waals surface area contributed by atoms with Crippen molar-refractivity contribution in [3.8, 4) is 17.2 Å². The Hall–Kier alpha value is -2.40. The summed E-state index contributed by atoms with van der Waals surface area (Å²) < 4.78 is 17.2. The van der Waals surface area contributed by atoms with Gasteiger partial charge in [0.25, 0.3) is 5.91 Å². The third kappa shape index (κ3) is 3.00. The molecule has 0 aliphatic carbocycles. The number of carbonyl (C=O) groups excluding carboxylic acids is 1. The number of hydrogen-bond acceptors (Lipinski definition) is 4. The van der Waals surface area contributed by atoms with Gasteiger partial charge in [0, 0.05) is 18.0 Å². The highest BCUT2D eigenvalue weighted by atomic mass is 35.5. The Morgan fingerprint density at radius 2 is 1.85 bits per heavy atom. The van der Waals surface area contributed by atoms with Crippen molar-refractivity contribution >= 4 is 17.5 Å². The molecule has 2 aromatic rings. The zero-order valence-corrected chi connectivity index (χ0v) is 15.6. The van der Waals surface area contributed by atoms with E-state index in [1.165, 1.54) is 0 Å². The minimum Gasteiger partial charge on any atom is -0.486 e. The van der Waals surface area contributed by atoms with Gasteiger partial charge in [0.15, 0.2) is 17.6 Å². The number of ether oxygens (including phenoxy) is 3. The van der Waals surface area contributed by atoms with Gasteiger partial charge >= 0.3 is 0 Å². The molecule has 3 heterocycles. The van der Waals surface area contributed by atoms with Crippen molar-refractivity contribution in [3.63, 3.8) is 0 Å². The van der Waals surface area contributed by atoms with Crippen LogP contribution >= 0.6 is 11.6 Å². The number of carbonyl (C=O) groups is 1. The summed E-state index contributed by atoms with van der Waals surface area (Å²) in [5, 5.41) is 0.667. The second-order valence-electron chi connectivity index (χ2n) is 7.16. The van der Waals surface area contributed by atoms with E-state index in [2.05, 4.69) is 0 Å². The maximum atomic E-state index is 13.2. The van der Waals surface area contributed by atoms with Crippen molar-refractivity contribution in [2.45, 2.75) is 31.4 Å². The molecule has 1 amide bonds. The van der Waals surface area contributed by atoms with Gasteiger partial charge in [-0.2, -0.15) is 0 Å². The Labute approximate surface area is 162 Å². The van der Waals surface area contributed by atoms with Crippen LogP contribution in [0.4, 0.5) is 0 Å². The summed E-state index contributed by atoms with van der Waals surface area (Å²) in [6, 6.07) is 11.5. The lowest BCUT2D eigenvalue weighted by Gasteiger charge is -2.28. The maximum Gasteiger partial charge on any atom is 0.264 e. The summed E-state index contributed by atoms with van der Waals surface area (Å²) >= 11 is 6.07. The molecular weight excluding hydrogens is 366 g/mol. The van der Waals surface area contributed by atoms with Gasteiger partial charge in [-0.15, -0.1) is 0 Å². The van der Waals surface area contributed by atoms with E-state index in [0.717, 1.165) is 47.8 Å². The van der Waals surface area contributed by atoms with Crippen LogP contribution < -0.4 is 14.2 Å². The zero-order valence-electron chi connectivity index (χ0n) is 14.8. The number of halogens is 1. The SMILES string of the molecule is O=C([C@H]1Cc2cc(Cl)ccc2O1)N1CCC[C@@H]1c1ccc2c(c1)OCCO2. The third-order valence-electron chi connectivity index (χ3n) is 5.46. The maximum absolute atomic E-state index is 13.2. The molecule has 1 fully saturated rings. The molecule has 2 atom stereocenters. The molecule has 3 aliphatic heterocycles. The Morgan fingerprint density at radius 1 is 1.04 bits per heavy atom. The molecule has 0 spiro atoms. The first-order valence-electron chi connectivity index (χ1n) is 9.34. The molecule has 140 valence electrons. The Morgan fingerprint density at radius 3 is 2.74 bits per heavy atom. The highest BCUT2D eigenvalue weighted by Crippen LogP contribution is 2.39. The van der Waals surface area contributed by atoms with Gasteiger partial charge < -0.3 is 19.1 Å². The van der Waals surface area contributed by atoms with E-state index in [1.54, 1.807) is 6.07 Å². The van der Waals surface area contributed by atoms with Gasteiger partial charge in [-0.3, -0.25) is 4.79 Å². The quantitative estimate of drug-likeness (QED) is 0.789. The molecule has 2 aromatic carbocycles. The summed E-state index contributed by atoms with van der Waals surface area (Å²) in [4.78, 5) is 15.1. The highest BCUT2D eigenvalue weighted by molar-refractivity contribution is 6.30. The monoisotopic (exact) mass is 385 g/mol. The molecule has 0 aromatic heterocycles. The average Bonchev–Trinajstić information content (AvgIpc) is 3.33. The molecular formula is C21H20ClNO4. The summed E-state index contributed by atoms with van der Waals surface area (Å²) in [5.41, 5.74) is 2.08. The first kappa shape index (κ1) is 16.8. The molecule has 0 unspecified atom stereocenters. The van der Waals surface area contributed by atoms with Gasteiger partial charge in [0.2, 0.25) is 0 Å². The molecule has 3 aliphatic rings. The van der Waals surface area contributed by atoms with Crippen molar-refractivity contribution in [2.24, 2.45) is 0 Å². The largest absolute Gasteiger partial charge is 0.486 e. The first-order chi connectivity index (χ1) is 13.2. The molecule has 27 heavy (non-hydrogen) atoms. The number of hydrogen-bond donors (Lipinski definition) is 0. The van der Waals surface area contributed by atoms with Crippen LogP contribution in [0.25, 0.3) is 0 Å². The predicted molar refractivity (Wildman–Crippen MR) is 101 cm³/mol. The normalized spacial score (nSPS) is 23.1. The third-order valence-corrected chi connectivity index (χ3v) is 5.69. The fourth-order valence-electron chi connectivity index (χ4n) is 4.18. The summed E-state index contributed by atoms with van der Waals surface area (Å²) in [7, 11) is 0. The summed E-state index contributed by atoms with van der Waals surface area (Å²) in [5.74, 6) is 2.33. The van der Waals surface area contributed by atoms with E-state index in [4.69, 9.17) is 25.8 Å².